The molecule has 0 saturated carbocycles. The van der Waals surface area contributed by atoms with Crippen molar-refractivity contribution in [3.63, 3.8) is 0 Å². The quantitative estimate of drug-likeness (QED) is 0.922. The van der Waals surface area contributed by atoms with E-state index in [-0.39, 0.29) is 12.0 Å². The molecule has 1 N–H and O–H groups in total. The van der Waals surface area contributed by atoms with E-state index in [1.165, 1.54) is 0 Å². The number of hydrogen-bond donors (Lipinski definition) is 1. The monoisotopic (exact) mass is 298 g/mol. The maximum Gasteiger partial charge on any atom is 0.256 e. The number of nitrogens with one attached hydrogen (secondary N) is 1. The first-order chi connectivity index (χ1) is 10.8. The van der Waals surface area contributed by atoms with E-state index in [4.69, 9.17) is 9.47 Å². The summed E-state index contributed by atoms with van der Waals surface area (Å²) in [7, 11) is 0. The molecule has 0 bridgehead atoms. The van der Waals surface area contributed by atoms with Crippen molar-refractivity contribution in [3.05, 3.63) is 54.2 Å². The van der Waals surface area contributed by atoms with Crippen LogP contribution in [0.3, 0.4) is 0 Å². The molecule has 3 rings (SSSR count). The van der Waals surface area contributed by atoms with Gasteiger partial charge >= 0.3 is 0 Å². The minimum Gasteiger partial charge on any atom is -0.491 e. The van der Waals surface area contributed by atoms with E-state index in [1.54, 1.807) is 36.5 Å². The van der Waals surface area contributed by atoms with Crippen molar-refractivity contribution in [2.75, 3.05) is 18.5 Å². The number of nitrogens with zero attached hydrogens (tertiary/aromatic N) is 1. The Morgan fingerprint density at radius 1 is 1.32 bits per heavy atom. The Labute approximate surface area is 129 Å². The minimum absolute atomic E-state index is 0.158. The van der Waals surface area contributed by atoms with Crippen LogP contribution in [0.25, 0.3) is 0 Å². The molecule has 1 fully saturated rings. The van der Waals surface area contributed by atoms with Gasteiger partial charge in [-0.3, -0.25) is 4.79 Å². The van der Waals surface area contributed by atoms with Gasteiger partial charge in [0.25, 0.3) is 5.91 Å². The largest absolute Gasteiger partial charge is 0.491 e. The van der Waals surface area contributed by atoms with Crippen LogP contribution in [0, 0.1) is 0 Å². The lowest BCUT2D eigenvalue weighted by Gasteiger charge is -2.12. The van der Waals surface area contributed by atoms with E-state index in [1.807, 2.05) is 12.1 Å². The molecule has 5 nitrogen and oxygen atoms in total. The van der Waals surface area contributed by atoms with E-state index in [9.17, 15) is 4.79 Å². The Morgan fingerprint density at radius 3 is 3.05 bits per heavy atom. The normalized spacial score (nSPS) is 17.2. The molecule has 1 amide bonds. The number of anilines is 1. The van der Waals surface area contributed by atoms with Gasteiger partial charge in [0.1, 0.15) is 18.2 Å². The summed E-state index contributed by atoms with van der Waals surface area (Å²) in [5, 5.41) is 2.75. The molecule has 1 aliphatic heterocycles. The summed E-state index contributed by atoms with van der Waals surface area (Å²) < 4.78 is 11.2. The first kappa shape index (κ1) is 14.5. The molecule has 5 heteroatoms. The second-order valence-electron chi connectivity index (χ2n) is 5.14. The van der Waals surface area contributed by atoms with Crippen LogP contribution in [0.5, 0.6) is 5.75 Å². The highest BCUT2D eigenvalue weighted by molar-refractivity contribution is 6.03. The van der Waals surface area contributed by atoms with Crippen LogP contribution < -0.4 is 10.1 Å². The number of rotatable bonds is 5. The van der Waals surface area contributed by atoms with Crippen molar-refractivity contribution in [2.45, 2.75) is 18.9 Å². The van der Waals surface area contributed by atoms with Gasteiger partial charge in [0, 0.05) is 18.4 Å². The van der Waals surface area contributed by atoms with Gasteiger partial charge < -0.3 is 14.8 Å². The molecule has 2 aromatic rings. The van der Waals surface area contributed by atoms with Gasteiger partial charge in [-0.1, -0.05) is 12.1 Å². The highest BCUT2D eigenvalue weighted by atomic mass is 16.5. The molecule has 1 aromatic heterocycles. The molecule has 1 aromatic carbocycles. The third-order valence-corrected chi connectivity index (χ3v) is 3.46. The van der Waals surface area contributed by atoms with E-state index >= 15 is 0 Å². The molecular weight excluding hydrogens is 280 g/mol. The number of hydrogen-bond acceptors (Lipinski definition) is 4. The van der Waals surface area contributed by atoms with Crippen LogP contribution >= 0.6 is 0 Å². The van der Waals surface area contributed by atoms with Gasteiger partial charge in [-0.15, -0.1) is 0 Å². The van der Waals surface area contributed by atoms with Crippen LogP contribution in [0.15, 0.2) is 48.7 Å². The number of pyridine rings is 1. The molecule has 1 atom stereocenters. The van der Waals surface area contributed by atoms with Crippen molar-refractivity contribution in [2.24, 2.45) is 0 Å². The van der Waals surface area contributed by atoms with Crippen LogP contribution in [-0.2, 0) is 4.74 Å². The summed E-state index contributed by atoms with van der Waals surface area (Å²) in [6.45, 7) is 1.33. The Bertz CT molecular complexity index is 625. The van der Waals surface area contributed by atoms with Crippen molar-refractivity contribution in [1.82, 2.24) is 4.98 Å². The van der Waals surface area contributed by atoms with Crippen LogP contribution in [0.4, 0.5) is 5.82 Å². The number of amides is 1. The number of benzene rings is 1. The zero-order valence-corrected chi connectivity index (χ0v) is 12.2. The predicted octanol–water partition coefficient (Wildman–Crippen LogP) is 2.89. The molecule has 2 heterocycles. The number of ether oxygens (including phenoxy) is 2. The fourth-order valence-electron chi connectivity index (χ4n) is 2.32. The smallest absolute Gasteiger partial charge is 0.256 e. The van der Waals surface area contributed by atoms with Gasteiger partial charge in [-0.25, -0.2) is 4.98 Å². The summed E-state index contributed by atoms with van der Waals surface area (Å²) in [6.07, 6.45) is 3.91. The Morgan fingerprint density at radius 2 is 2.27 bits per heavy atom. The first-order valence-electron chi connectivity index (χ1n) is 7.38. The molecule has 0 aliphatic carbocycles. The summed E-state index contributed by atoms with van der Waals surface area (Å²) in [5.74, 6) is 0.989. The van der Waals surface area contributed by atoms with Crippen molar-refractivity contribution in [3.8, 4) is 5.75 Å². The fourth-order valence-corrected chi connectivity index (χ4v) is 2.32. The third-order valence-electron chi connectivity index (χ3n) is 3.46. The summed E-state index contributed by atoms with van der Waals surface area (Å²) in [4.78, 5) is 16.3. The first-order valence-corrected chi connectivity index (χ1v) is 7.38. The topological polar surface area (TPSA) is 60.5 Å². The maximum atomic E-state index is 12.2. The summed E-state index contributed by atoms with van der Waals surface area (Å²) in [6, 6.07) is 12.5. The lowest BCUT2D eigenvalue weighted by atomic mass is 10.2. The standard InChI is InChI=1S/C17H18N2O3/c20-17(19-16-8-1-2-9-18-16)13-5-3-6-14(11-13)22-12-15-7-4-10-21-15/h1-3,5-6,8-9,11,15H,4,7,10,12H2,(H,18,19,20)/t15-/m0/s1. The lowest BCUT2D eigenvalue weighted by molar-refractivity contribution is 0.0679. The fraction of sp³-hybridized carbons (Fsp3) is 0.294. The van der Waals surface area contributed by atoms with Crippen molar-refractivity contribution in [1.29, 1.82) is 0 Å². The minimum atomic E-state index is -0.207. The Hall–Kier alpha value is -2.40. The van der Waals surface area contributed by atoms with Crippen LogP contribution in [0.1, 0.15) is 23.2 Å². The summed E-state index contributed by atoms with van der Waals surface area (Å²) >= 11 is 0. The van der Waals surface area contributed by atoms with Gasteiger partial charge in [-0.2, -0.15) is 0 Å². The van der Waals surface area contributed by atoms with Crippen molar-refractivity contribution < 1.29 is 14.3 Å². The number of carbonyl (C=O) groups excluding carboxylic acids is 1. The van der Waals surface area contributed by atoms with Gasteiger partial charge in [0.15, 0.2) is 0 Å². The molecule has 22 heavy (non-hydrogen) atoms. The number of carbonyl (C=O) groups is 1. The SMILES string of the molecule is O=C(Nc1ccccn1)c1cccc(OC[C@@H]2CCCO2)c1. The predicted molar refractivity (Wildman–Crippen MR) is 83.1 cm³/mol. The average Bonchev–Trinajstić information content (AvgIpc) is 3.08. The molecular formula is C17H18N2O3. The van der Waals surface area contributed by atoms with Gasteiger partial charge in [-0.05, 0) is 43.2 Å². The van der Waals surface area contributed by atoms with E-state index < -0.39 is 0 Å². The molecule has 0 spiro atoms. The van der Waals surface area contributed by atoms with E-state index in [0.29, 0.717) is 23.7 Å². The molecule has 1 saturated heterocycles. The Kier molecular flexibility index (Phi) is 4.65. The van der Waals surface area contributed by atoms with Gasteiger partial charge in [0.2, 0.25) is 0 Å². The van der Waals surface area contributed by atoms with Crippen LogP contribution in [-0.4, -0.2) is 30.2 Å². The maximum absolute atomic E-state index is 12.2. The third kappa shape index (κ3) is 3.83. The second kappa shape index (κ2) is 7.04. The Balaban J connectivity index is 1.61. The molecule has 114 valence electrons. The lowest BCUT2D eigenvalue weighted by Crippen LogP contribution is -2.17. The van der Waals surface area contributed by atoms with Crippen molar-refractivity contribution >= 4 is 11.7 Å². The number of aromatic nitrogens is 1. The van der Waals surface area contributed by atoms with E-state index in [2.05, 4.69) is 10.3 Å². The van der Waals surface area contributed by atoms with E-state index in [0.717, 1.165) is 19.4 Å². The molecule has 0 radical (unpaired) electrons. The van der Waals surface area contributed by atoms with Gasteiger partial charge in [0.05, 0.1) is 6.10 Å². The second-order valence-corrected chi connectivity index (χ2v) is 5.14. The molecule has 0 unspecified atom stereocenters. The van der Waals surface area contributed by atoms with Crippen LogP contribution in [0.2, 0.25) is 0 Å². The summed E-state index contributed by atoms with van der Waals surface area (Å²) in [5.41, 5.74) is 0.537. The zero-order valence-electron chi connectivity index (χ0n) is 12.2. The molecule has 1 aliphatic rings. The highest BCUT2D eigenvalue weighted by Crippen LogP contribution is 2.18. The average molecular weight is 298 g/mol. The highest BCUT2D eigenvalue weighted by Gasteiger charge is 2.16. The zero-order chi connectivity index (χ0) is 15.2.